The Balaban J connectivity index is 2.69. The molecule has 0 saturated carbocycles. The Hall–Kier alpha value is -1.47. The molecule has 1 rings (SSSR count). The number of carboxylic acid groups (broad SMARTS) is 1. The van der Waals surface area contributed by atoms with Crippen molar-refractivity contribution in [1.29, 1.82) is 0 Å². The lowest BCUT2D eigenvalue weighted by molar-refractivity contribution is -0.380. The van der Waals surface area contributed by atoms with Crippen molar-refractivity contribution in [2.24, 2.45) is 0 Å². The maximum absolute atomic E-state index is 10.3. The van der Waals surface area contributed by atoms with E-state index in [-0.39, 0.29) is 11.4 Å². The van der Waals surface area contributed by atoms with Gasteiger partial charge in [-0.25, -0.2) is 4.79 Å². The lowest BCUT2D eigenvalue weighted by Crippen LogP contribution is -2.21. The fourth-order valence-corrected chi connectivity index (χ4v) is 1.71. The van der Waals surface area contributed by atoms with E-state index in [1.165, 1.54) is 12.1 Å². The van der Waals surface area contributed by atoms with Crippen molar-refractivity contribution in [3.63, 3.8) is 0 Å². The Morgan fingerprint density at radius 3 is 2.71 bits per heavy atom. The Kier molecular flexibility index (Phi) is 3.15. The highest BCUT2D eigenvalue weighted by Crippen LogP contribution is 2.24. The number of hydrogen-bond acceptors (Lipinski definition) is 5. The summed E-state index contributed by atoms with van der Waals surface area (Å²) in [5.41, 5.74) is 0. The molecular formula is C7H7NO5S. The number of hydrogen-bond donors (Lipinski definition) is 2. The second-order valence-corrected chi connectivity index (χ2v) is 3.70. The van der Waals surface area contributed by atoms with Crippen molar-refractivity contribution in [3.05, 3.63) is 27.1 Å². The second-order valence-electron chi connectivity index (χ2n) is 2.56. The van der Waals surface area contributed by atoms with Gasteiger partial charge in [-0.1, -0.05) is 11.3 Å². The Bertz CT molecular complexity index is 361. The van der Waals surface area contributed by atoms with Gasteiger partial charge in [0.2, 0.25) is 0 Å². The summed E-state index contributed by atoms with van der Waals surface area (Å²) in [6, 6.07) is 2.73. The SMILES string of the molecule is O=C(O)C(O)Cc1ccc([N+](=O)[O-])s1. The molecule has 76 valence electrons. The topological polar surface area (TPSA) is 101 Å². The minimum absolute atomic E-state index is 0.0578. The molecule has 6 nitrogen and oxygen atoms in total. The monoisotopic (exact) mass is 217 g/mol. The third-order valence-electron chi connectivity index (χ3n) is 1.51. The molecule has 1 heterocycles. The maximum atomic E-state index is 10.3. The first-order valence-electron chi connectivity index (χ1n) is 3.64. The number of aliphatic hydroxyl groups is 1. The summed E-state index contributed by atoms with van der Waals surface area (Å²) in [5, 5.41) is 27.6. The molecular weight excluding hydrogens is 210 g/mol. The highest BCUT2D eigenvalue weighted by Gasteiger charge is 2.17. The van der Waals surface area contributed by atoms with E-state index in [1.807, 2.05) is 0 Å². The number of rotatable bonds is 4. The van der Waals surface area contributed by atoms with Gasteiger partial charge in [0.15, 0.2) is 6.10 Å². The zero-order chi connectivity index (χ0) is 10.7. The first-order chi connectivity index (χ1) is 6.50. The minimum Gasteiger partial charge on any atom is -0.479 e. The number of aliphatic hydroxyl groups excluding tert-OH is 1. The second kappa shape index (κ2) is 4.16. The summed E-state index contributed by atoms with van der Waals surface area (Å²) in [6.45, 7) is 0. The average Bonchev–Trinajstić information content (AvgIpc) is 2.52. The van der Waals surface area contributed by atoms with Crippen molar-refractivity contribution in [1.82, 2.24) is 0 Å². The number of thiophene rings is 1. The zero-order valence-corrected chi connectivity index (χ0v) is 7.73. The van der Waals surface area contributed by atoms with Gasteiger partial charge in [0.05, 0.1) is 4.92 Å². The average molecular weight is 217 g/mol. The fraction of sp³-hybridized carbons (Fsp3) is 0.286. The molecule has 0 fully saturated rings. The molecule has 14 heavy (non-hydrogen) atoms. The van der Waals surface area contributed by atoms with Crippen LogP contribution in [0.2, 0.25) is 0 Å². The molecule has 0 saturated heterocycles. The van der Waals surface area contributed by atoms with Gasteiger partial charge in [-0.15, -0.1) is 0 Å². The van der Waals surface area contributed by atoms with E-state index in [0.717, 1.165) is 11.3 Å². The Morgan fingerprint density at radius 2 is 2.29 bits per heavy atom. The standard InChI is InChI=1S/C7H7NO5S/c9-5(7(10)11)3-4-1-2-6(14-4)8(12)13/h1-2,5,9H,3H2,(H,10,11). The lowest BCUT2D eigenvalue weighted by atomic mass is 10.2. The van der Waals surface area contributed by atoms with Crippen LogP contribution in [0.1, 0.15) is 4.88 Å². The third-order valence-corrected chi connectivity index (χ3v) is 2.57. The Labute approximate surface area is 82.6 Å². The van der Waals surface area contributed by atoms with Crippen molar-refractivity contribution in [3.8, 4) is 0 Å². The van der Waals surface area contributed by atoms with E-state index in [0.29, 0.717) is 4.88 Å². The van der Waals surface area contributed by atoms with Crippen LogP contribution >= 0.6 is 11.3 Å². The molecule has 1 atom stereocenters. The molecule has 0 aromatic carbocycles. The van der Waals surface area contributed by atoms with E-state index in [9.17, 15) is 14.9 Å². The van der Waals surface area contributed by atoms with Crippen molar-refractivity contribution < 1.29 is 19.9 Å². The van der Waals surface area contributed by atoms with Crippen LogP contribution in [0.4, 0.5) is 5.00 Å². The van der Waals surface area contributed by atoms with E-state index in [4.69, 9.17) is 10.2 Å². The largest absolute Gasteiger partial charge is 0.479 e. The summed E-state index contributed by atoms with van der Waals surface area (Å²) in [5.74, 6) is -1.33. The first kappa shape index (κ1) is 10.6. The Morgan fingerprint density at radius 1 is 1.64 bits per heavy atom. The quantitative estimate of drug-likeness (QED) is 0.569. The van der Waals surface area contributed by atoms with Gasteiger partial charge in [-0.3, -0.25) is 10.1 Å². The smallest absolute Gasteiger partial charge is 0.332 e. The molecule has 1 aromatic rings. The van der Waals surface area contributed by atoms with Crippen LogP contribution in [0.3, 0.4) is 0 Å². The van der Waals surface area contributed by atoms with Gasteiger partial charge < -0.3 is 10.2 Å². The number of carboxylic acids is 1. The normalized spacial score (nSPS) is 12.4. The van der Waals surface area contributed by atoms with Crippen LogP contribution in [0.15, 0.2) is 12.1 Å². The molecule has 1 unspecified atom stereocenters. The van der Waals surface area contributed by atoms with E-state index in [1.54, 1.807) is 0 Å². The molecule has 0 amide bonds. The summed E-state index contributed by atoms with van der Waals surface area (Å²) >= 11 is 0.864. The van der Waals surface area contributed by atoms with Gasteiger partial charge in [0.25, 0.3) is 0 Å². The van der Waals surface area contributed by atoms with Crippen molar-refractivity contribution >= 4 is 22.3 Å². The molecule has 0 aliphatic rings. The molecule has 0 spiro atoms. The number of aliphatic carboxylic acids is 1. The number of carbonyl (C=O) groups is 1. The summed E-state index contributed by atoms with van der Waals surface area (Å²) in [7, 11) is 0. The fourth-order valence-electron chi connectivity index (χ4n) is 0.852. The van der Waals surface area contributed by atoms with E-state index in [2.05, 4.69) is 0 Å². The van der Waals surface area contributed by atoms with Crippen molar-refractivity contribution in [2.75, 3.05) is 0 Å². The van der Waals surface area contributed by atoms with Gasteiger partial charge >= 0.3 is 11.0 Å². The molecule has 2 N–H and O–H groups in total. The van der Waals surface area contributed by atoms with Crippen LogP contribution in [0.5, 0.6) is 0 Å². The molecule has 0 radical (unpaired) electrons. The van der Waals surface area contributed by atoms with Crippen LogP contribution in [-0.2, 0) is 11.2 Å². The molecule has 7 heteroatoms. The van der Waals surface area contributed by atoms with Crippen LogP contribution in [0, 0.1) is 10.1 Å². The molecule has 0 aliphatic carbocycles. The van der Waals surface area contributed by atoms with Crippen molar-refractivity contribution in [2.45, 2.75) is 12.5 Å². The van der Waals surface area contributed by atoms with Crippen LogP contribution < -0.4 is 0 Å². The number of nitrogens with zero attached hydrogens (tertiary/aromatic N) is 1. The highest BCUT2D eigenvalue weighted by atomic mass is 32.1. The van der Waals surface area contributed by atoms with Crippen LogP contribution in [-0.4, -0.2) is 27.2 Å². The van der Waals surface area contributed by atoms with Gasteiger partial charge in [0.1, 0.15) is 0 Å². The third kappa shape index (κ3) is 2.51. The highest BCUT2D eigenvalue weighted by molar-refractivity contribution is 7.15. The summed E-state index contributed by atoms with van der Waals surface area (Å²) in [4.78, 5) is 20.5. The van der Waals surface area contributed by atoms with Crippen LogP contribution in [0.25, 0.3) is 0 Å². The first-order valence-corrected chi connectivity index (χ1v) is 4.46. The van der Waals surface area contributed by atoms with Gasteiger partial charge in [-0.2, -0.15) is 0 Å². The molecule has 1 aromatic heterocycles. The summed E-state index contributed by atoms with van der Waals surface area (Å²) < 4.78 is 0. The maximum Gasteiger partial charge on any atom is 0.332 e. The van der Waals surface area contributed by atoms with Gasteiger partial charge in [-0.05, 0) is 6.07 Å². The molecule has 0 aliphatic heterocycles. The zero-order valence-electron chi connectivity index (χ0n) is 6.91. The van der Waals surface area contributed by atoms with Gasteiger partial charge in [0, 0.05) is 17.4 Å². The number of nitro groups is 1. The predicted molar refractivity (Wildman–Crippen MR) is 48.3 cm³/mol. The van der Waals surface area contributed by atoms with E-state index < -0.39 is 17.0 Å². The minimum atomic E-state index is -1.51. The molecule has 0 bridgehead atoms. The summed E-state index contributed by atoms with van der Waals surface area (Å²) in [6.07, 6.45) is -1.61. The lowest BCUT2D eigenvalue weighted by Gasteiger charge is -2.00. The van der Waals surface area contributed by atoms with E-state index >= 15 is 0 Å². The predicted octanol–water partition coefficient (Wildman–Crippen LogP) is 0.644.